The van der Waals surface area contributed by atoms with Crippen LogP contribution in [0.15, 0.2) is 22.6 Å². The molecule has 146 valence electrons. The van der Waals surface area contributed by atoms with Gasteiger partial charge in [0.1, 0.15) is 5.75 Å². The van der Waals surface area contributed by atoms with E-state index in [0.29, 0.717) is 38.3 Å². The smallest absolute Gasteiger partial charge is 0.267 e. The van der Waals surface area contributed by atoms with Crippen molar-refractivity contribution in [1.82, 2.24) is 4.98 Å². The SMILES string of the molecule is CC(C)c1cc(Cl)cc(N)c1O.COc1c(Cl)cc2[nH]c(=S)oc2c1OC. The van der Waals surface area contributed by atoms with Gasteiger partial charge in [0.05, 0.1) is 30.4 Å². The molecule has 0 bridgehead atoms. The molecule has 0 radical (unpaired) electrons. The minimum Gasteiger partial charge on any atom is -0.505 e. The maximum Gasteiger partial charge on any atom is 0.267 e. The first-order chi connectivity index (χ1) is 12.7. The first-order valence-electron chi connectivity index (χ1n) is 7.90. The van der Waals surface area contributed by atoms with Gasteiger partial charge in [-0.15, -0.1) is 0 Å². The van der Waals surface area contributed by atoms with Crippen LogP contribution in [0.1, 0.15) is 25.3 Å². The molecule has 3 aromatic rings. The first-order valence-corrected chi connectivity index (χ1v) is 9.07. The Bertz CT molecular complexity index is 1010. The average molecular weight is 431 g/mol. The van der Waals surface area contributed by atoms with E-state index in [2.05, 4.69) is 4.98 Å². The van der Waals surface area contributed by atoms with Crippen LogP contribution in [0.4, 0.5) is 5.69 Å². The Morgan fingerprint density at radius 2 is 1.78 bits per heavy atom. The summed E-state index contributed by atoms with van der Waals surface area (Å²) >= 11 is 16.7. The van der Waals surface area contributed by atoms with Crippen LogP contribution in [-0.2, 0) is 0 Å². The van der Waals surface area contributed by atoms with Gasteiger partial charge in [0.15, 0.2) is 11.3 Å². The number of nitrogen functional groups attached to an aromatic ring is 1. The van der Waals surface area contributed by atoms with E-state index in [1.807, 2.05) is 13.8 Å². The molecule has 0 aliphatic rings. The van der Waals surface area contributed by atoms with Gasteiger partial charge >= 0.3 is 0 Å². The van der Waals surface area contributed by atoms with E-state index >= 15 is 0 Å². The number of nitrogens with one attached hydrogen (secondary N) is 1. The topological polar surface area (TPSA) is 93.6 Å². The Hall–Kier alpha value is -2.09. The molecular weight excluding hydrogens is 411 g/mol. The van der Waals surface area contributed by atoms with Crippen molar-refractivity contribution in [2.24, 2.45) is 0 Å². The van der Waals surface area contributed by atoms with Crippen molar-refractivity contribution in [1.29, 1.82) is 0 Å². The Kier molecular flexibility index (Phi) is 6.86. The lowest BCUT2D eigenvalue weighted by atomic mass is 10.0. The Morgan fingerprint density at radius 1 is 1.15 bits per heavy atom. The third-order valence-electron chi connectivity index (χ3n) is 3.74. The van der Waals surface area contributed by atoms with Crippen LogP contribution in [0.25, 0.3) is 11.1 Å². The fourth-order valence-electron chi connectivity index (χ4n) is 2.47. The lowest BCUT2D eigenvalue weighted by molar-refractivity contribution is 0.353. The molecule has 0 atom stereocenters. The Labute approximate surface area is 171 Å². The second kappa shape index (κ2) is 8.73. The quantitative estimate of drug-likeness (QED) is 0.271. The van der Waals surface area contributed by atoms with Crippen molar-refractivity contribution >= 4 is 52.2 Å². The predicted octanol–water partition coefficient (Wildman–Crippen LogP) is 5.91. The molecule has 0 saturated carbocycles. The fourth-order valence-corrected chi connectivity index (χ4v) is 3.17. The zero-order valence-corrected chi connectivity index (χ0v) is 17.6. The highest BCUT2D eigenvalue weighted by atomic mass is 35.5. The van der Waals surface area contributed by atoms with Crippen LogP contribution in [0.5, 0.6) is 17.2 Å². The second-order valence-corrected chi connectivity index (χ2v) is 7.12. The van der Waals surface area contributed by atoms with Gasteiger partial charge in [0.25, 0.3) is 4.84 Å². The Balaban J connectivity index is 0.000000199. The van der Waals surface area contributed by atoms with Gasteiger partial charge in [-0.25, -0.2) is 0 Å². The van der Waals surface area contributed by atoms with Crippen molar-refractivity contribution in [3.05, 3.63) is 38.6 Å². The molecule has 4 N–H and O–H groups in total. The van der Waals surface area contributed by atoms with Gasteiger partial charge in [0, 0.05) is 10.6 Å². The summed E-state index contributed by atoms with van der Waals surface area (Å²) in [6, 6.07) is 4.96. The molecular formula is C18H20Cl2N2O4S. The number of fused-ring (bicyclic) bond motifs is 1. The number of nitrogens with two attached hydrogens (primary N) is 1. The molecule has 27 heavy (non-hydrogen) atoms. The van der Waals surface area contributed by atoms with Crippen molar-refractivity contribution in [2.75, 3.05) is 20.0 Å². The van der Waals surface area contributed by atoms with Crippen LogP contribution < -0.4 is 15.2 Å². The van der Waals surface area contributed by atoms with Gasteiger partial charge in [-0.3, -0.25) is 0 Å². The molecule has 3 rings (SSSR count). The number of phenols is 1. The molecule has 0 unspecified atom stereocenters. The largest absolute Gasteiger partial charge is 0.505 e. The van der Waals surface area contributed by atoms with Gasteiger partial charge in [0.2, 0.25) is 5.75 Å². The number of halogens is 2. The standard InChI is InChI=1S/C9H8ClNO3S.C9H12ClNO/c1-12-6-4(10)3-5-7(8(6)13-2)14-9(15)11-5;1-5(2)7-3-6(10)4-8(11)9(7)12/h3H,1-2H3,(H,11,15);3-5,12H,11H2,1-2H3. The molecule has 0 aliphatic carbocycles. The second-order valence-electron chi connectivity index (χ2n) is 5.90. The fraction of sp³-hybridized carbons (Fsp3) is 0.278. The normalized spacial score (nSPS) is 10.6. The predicted molar refractivity (Wildman–Crippen MR) is 111 cm³/mol. The summed E-state index contributed by atoms with van der Waals surface area (Å²) in [5, 5.41) is 10.5. The number of H-pyrrole nitrogens is 1. The number of aromatic hydroxyl groups is 1. The first kappa shape index (κ1) is 21.2. The number of hydrogen-bond donors (Lipinski definition) is 3. The van der Waals surface area contributed by atoms with Crippen LogP contribution in [-0.4, -0.2) is 24.3 Å². The molecule has 1 heterocycles. The van der Waals surface area contributed by atoms with E-state index in [-0.39, 0.29) is 16.5 Å². The molecule has 0 aliphatic heterocycles. The number of hydrogen-bond acceptors (Lipinski definition) is 6. The molecule has 0 amide bonds. The summed E-state index contributed by atoms with van der Waals surface area (Å²) in [4.78, 5) is 3.12. The van der Waals surface area contributed by atoms with Gasteiger partial charge in [-0.2, -0.15) is 0 Å². The van der Waals surface area contributed by atoms with Crippen molar-refractivity contribution in [3.63, 3.8) is 0 Å². The third-order valence-corrected chi connectivity index (χ3v) is 4.42. The van der Waals surface area contributed by atoms with Gasteiger partial charge < -0.3 is 29.7 Å². The molecule has 0 saturated heterocycles. The monoisotopic (exact) mass is 430 g/mol. The van der Waals surface area contributed by atoms with Gasteiger partial charge in [-0.1, -0.05) is 37.0 Å². The number of rotatable bonds is 3. The summed E-state index contributed by atoms with van der Waals surface area (Å²) in [6.07, 6.45) is 0. The maximum atomic E-state index is 9.51. The maximum absolute atomic E-state index is 9.51. The number of ether oxygens (including phenoxy) is 2. The minimum atomic E-state index is 0.148. The van der Waals surface area contributed by atoms with Crippen LogP contribution in [0.3, 0.4) is 0 Å². The third kappa shape index (κ3) is 4.61. The number of methoxy groups -OCH3 is 2. The zero-order valence-electron chi connectivity index (χ0n) is 15.2. The zero-order chi connectivity index (χ0) is 20.3. The molecule has 0 spiro atoms. The highest BCUT2D eigenvalue weighted by molar-refractivity contribution is 7.71. The molecule has 6 nitrogen and oxygen atoms in total. The van der Waals surface area contributed by atoms with E-state index in [1.165, 1.54) is 14.2 Å². The number of benzene rings is 2. The highest BCUT2D eigenvalue weighted by Gasteiger charge is 2.17. The summed E-state index contributed by atoms with van der Waals surface area (Å²) in [6.45, 7) is 3.95. The van der Waals surface area contributed by atoms with E-state index in [4.69, 9.17) is 55.0 Å². The van der Waals surface area contributed by atoms with Crippen molar-refractivity contribution in [3.8, 4) is 17.2 Å². The van der Waals surface area contributed by atoms with Crippen LogP contribution >= 0.6 is 35.4 Å². The minimum absolute atomic E-state index is 0.148. The van der Waals surface area contributed by atoms with Gasteiger partial charge in [-0.05, 0) is 36.3 Å². The highest BCUT2D eigenvalue weighted by Crippen LogP contribution is 2.41. The average Bonchev–Trinajstić information content (AvgIpc) is 2.96. The molecule has 0 fully saturated rings. The van der Waals surface area contributed by atoms with Crippen LogP contribution in [0.2, 0.25) is 10.0 Å². The number of aromatic nitrogens is 1. The van der Waals surface area contributed by atoms with Crippen molar-refractivity contribution in [2.45, 2.75) is 19.8 Å². The number of aromatic amines is 1. The van der Waals surface area contributed by atoms with Crippen molar-refractivity contribution < 1.29 is 19.0 Å². The lowest BCUT2D eigenvalue weighted by Crippen LogP contribution is -1.93. The van der Waals surface area contributed by atoms with E-state index in [9.17, 15) is 5.11 Å². The number of oxazole rings is 1. The van der Waals surface area contributed by atoms with E-state index in [1.54, 1.807) is 18.2 Å². The van der Waals surface area contributed by atoms with Crippen LogP contribution in [0, 0.1) is 4.84 Å². The lowest BCUT2D eigenvalue weighted by Gasteiger charge is -2.10. The molecule has 9 heteroatoms. The number of phenolic OH excluding ortho intramolecular Hbond substituents is 1. The molecule has 1 aromatic heterocycles. The summed E-state index contributed by atoms with van der Waals surface area (Å²) in [5.41, 5.74) is 7.84. The van der Waals surface area contributed by atoms with E-state index in [0.717, 1.165) is 5.56 Å². The molecule has 2 aromatic carbocycles. The van der Waals surface area contributed by atoms with E-state index < -0.39 is 0 Å². The summed E-state index contributed by atoms with van der Waals surface area (Å²) < 4.78 is 15.6. The summed E-state index contributed by atoms with van der Waals surface area (Å²) in [7, 11) is 3.02. The number of anilines is 1. The summed E-state index contributed by atoms with van der Waals surface area (Å²) in [5.74, 6) is 1.25. The Morgan fingerprint density at radius 3 is 2.33 bits per heavy atom.